The van der Waals surface area contributed by atoms with Crippen molar-refractivity contribution in [1.29, 1.82) is 5.26 Å². The van der Waals surface area contributed by atoms with Gasteiger partial charge in [0.2, 0.25) is 5.95 Å². The maximum absolute atomic E-state index is 11.5. The van der Waals surface area contributed by atoms with Crippen molar-refractivity contribution in [3.8, 4) is 6.07 Å². The zero-order valence-electron chi connectivity index (χ0n) is 19.1. The minimum atomic E-state index is -0.908. The summed E-state index contributed by atoms with van der Waals surface area (Å²) < 4.78 is 2.01. The molecule has 0 saturated carbocycles. The number of piperazine rings is 1. The fourth-order valence-corrected chi connectivity index (χ4v) is 4.33. The molecule has 1 fully saturated rings. The zero-order valence-corrected chi connectivity index (χ0v) is 19.1. The average molecular weight is 450 g/mol. The van der Waals surface area contributed by atoms with Gasteiger partial charge in [-0.1, -0.05) is 0 Å². The molecule has 11 heteroatoms. The van der Waals surface area contributed by atoms with E-state index in [4.69, 9.17) is 10.7 Å². The van der Waals surface area contributed by atoms with Crippen LogP contribution in [0.15, 0.2) is 18.3 Å². The minimum absolute atomic E-state index is 0.0894. The van der Waals surface area contributed by atoms with Crippen LogP contribution >= 0.6 is 0 Å². The molecule has 172 valence electrons. The van der Waals surface area contributed by atoms with Gasteiger partial charge in [0, 0.05) is 38.9 Å². The molecule has 1 saturated heterocycles. The Morgan fingerprint density at radius 1 is 1.36 bits per heavy atom. The summed E-state index contributed by atoms with van der Waals surface area (Å²) in [5.41, 5.74) is 10.2. The Morgan fingerprint density at radius 3 is 2.79 bits per heavy atom. The molecule has 0 spiro atoms. The monoisotopic (exact) mass is 449 g/mol. The van der Waals surface area contributed by atoms with E-state index >= 15 is 0 Å². The number of hydrogen-bond acceptors (Lipinski definition) is 8. The van der Waals surface area contributed by atoms with Crippen molar-refractivity contribution in [2.45, 2.75) is 32.9 Å². The summed E-state index contributed by atoms with van der Waals surface area (Å²) in [4.78, 5) is 28.4. The highest BCUT2D eigenvalue weighted by atomic mass is 16.4. The van der Waals surface area contributed by atoms with Gasteiger partial charge >= 0.3 is 6.09 Å². The number of nitrogen functional groups attached to an aromatic ring is 1. The Labute approximate surface area is 191 Å². The second-order valence-electron chi connectivity index (χ2n) is 8.36. The van der Waals surface area contributed by atoms with Gasteiger partial charge in [-0.3, -0.25) is 0 Å². The van der Waals surface area contributed by atoms with Crippen LogP contribution in [0.25, 0.3) is 11.0 Å². The number of nitrogens with zero attached hydrogens (tertiary/aromatic N) is 7. The summed E-state index contributed by atoms with van der Waals surface area (Å²) in [7, 11) is 1.96. The van der Waals surface area contributed by atoms with E-state index in [1.165, 1.54) is 4.90 Å². The number of rotatable bonds is 4. The number of anilines is 3. The number of nitriles is 1. The molecule has 1 amide bonds. The van der Waals surface area contributed by atoms with Gasteiger partial charge in [0.25, 0.3) is 0 Å². The number of nitrogens with two attached hydrogens (primary N) is 1. The predicted octanol–water partition coefficient (Wildman–Crippen LogP) is 2.49. The fraction of sp³-hybridized carbons (Fsp3) is 0.409. The van der Waals surface area contributed by atoms with Crippen LogP contribution in [0.4, 0.5) is 22.2 Å². The number of carboxylic acid groups (broad SMARTS) is 1. The van der Waals surface area contributed by atoms with Crippen LogP contribution in [-0.2, 0) is 7.05 Å². The van der Waals surface area contributed by atoms with E-state index in [9.17, 15) is 15.2 Å². The number of fused-ring (bicyclic) bond motifs is 1. The summed E-state index contributed by atoms with van der Waals surface area (Å²) >= 11 is 0. The lowest BCUT2D eigenvalue weighted by atomic mass is 10.1. The summed E-state index contributed by atoms with van der Waals surface area (Å²) in [6.45, 7) is 7.08. The maximum Gasteiger partial charge on any atom is 0.407 e. The molecule has 2 atom stereocenters. The third kappa shape index (κ3) is 4.07. The molecule has 11 nitrogen and oxygen atoms in total. The van der Waals surface area contributed by atoms with Crippen molar-refractivity contribution < 1.29 is 9.90 Å². The lowest BCUT2D eigenvalue weighted by Crippen LogP contribution is -2.54. The lowest BCUT2D eigenvalue weighted by molar-refractivity contribution is 0.122. The number of amides is 1. The fourth-order valence-electron chi connectivity index (χ4n) is 4.33. The van der Waals surface area contributed by atoms with Gasteiger partial charge < -0.3 is 30.5 Å². The highest BCUT2D eigenvalue weighted by molar-refractivity contribution is 5.81. The molecule has 0 aliphatic carbocycles. The Kier molecular flexibility index (Phi) is 5.68. The van der Waals surface area contributed by atoms with Crippen LogP contribution in [0.3, 0.4) is 0 Å². The molecule has 0 radical (unpaired) electrons. The van der Waals surface area contributed by atoms with Crippen LogP contribution < -0.4 is 16.0 Å². The van der Waals surface area contributed by atoms with Gasteiger partial charge in [-0.05, 0) is 32.9 Å². The molecular formula is C22H27N9O2. The number of aryl methyl sites for hydroxylation is 2. The molecule has 0 bridgehead atoms. The van der Waals surface area contributed by atoms with Gasteiger partial charge in [-0.25, -0.2) is 14.8 Å². The zero-order chi connectivity index (χ0) is 23.9. The molecule has 3 aromatic heterocycles. The van der Waals surface area contributed by atoms with Crippen LogP contribution in [0.2, 0.25) is 0 Å². The van der Waals surface area contributed by atoms with Gasteiger partial charge in [0.15, 0.2) is 0 Å². The first-order valence-corrected chi connectivity index (χ1v) is 10.7. The standard InChI is InChI=1S/C22H27N9O2/c1-12-11-30(7-8-31(12)22(32)33)18-9-17-16(5-6-29(17)4)27-19(18)14(3)25-20-15(10-23)13(2)26-21(24)28-20/h5-6,9,12,14H,7-8,11H2,1-4H3,(H,32,33)(H3,24,25,26,28)/t12-,14-/m0/s1. The van der Waals surface area contributed by atoms with E-state index in [2.05, 4.69) is 32.3 Å². The van der Waals surface area contributed by atoms with E-state index in [1.54, 1.807) is 6.92 Å². The van der Waals surface area contributed by atoms with Gasteiger partial charge in [0.1, 0.15) is 17.5 Å². The molecule has 3 aromatic rings. The van der Waals surface area contributed by atoms with Crippen molar-refractivity contribution >= 4 is 34.6 Å². The van der Waals surface area contributed by atoms with E-state index in [-0.39, 0.29) is 18.0 Å². The SMILES string of the molecule is Cc1nc(N)nc(N[C@@H](C)c2nc3ccn(C)c3cc2N2CCN(C(=O)O)[C@@H](C)C2)c1C#N. The molecule has 0 aromatic carbocycles. The molecule has 33 heavy (non-hydrogen) atoms. The highest BCUT2D eigenvalue weighted by Gasteiger charge is 2.30. The Morgan fingerprint density at radius 2 is 2.12 bits per heavy atom. The minimum Gasteiger partial charge on any atom is -0.465 e. The van der Waals surface area contributed by atoms with Crippen molar-refractivity contribution in [2.75, 3.05) is 35.6 Å². The number of hydrogen-bond donors (Lipinski definition) is 3. The summed E-state index contributed by atoms with van der Waals surface area (Å²) in [5.74, 6) is 0.450. The first-order valence-electron chi connectivity index (χ1n) is 10.7. The average Bonchev–Trinajstić information content (AvgIpc) is 3.12. The molecule has 4 N–H and O–H groups in total. The normalized spacial score (nSPS) is 17.1. The van der Waals surface area contributed by atoms with Crippen LogP contribution in [-0.4, -0.2) is 61.3 Å². The van der Waals surface area contributed by atoms with Crippen molar-refractivity contribution in [1.82, 2.24) is 24.4 Å². The largest absolute Gasteiger partial charge is 0.465 e. The quantitative estimate of drug-likeness (QED) is 0.546. The lowest BCUT2D eigenvalue weighted by Gasteiger charge is -2.40. The van der Waals surface area contributed by atoms with Gasteiger partial charge in [-0.2, -0.15) is 10.2 Å². The molecule has 1 aliphatic heterocycles. The van der Waals surface area contributed by atoms with E-state index < -0.39 is 6.09 Å². The number of aromatic nitrogens is 4. The number of nitrogens with one attached hydrogen (secondary N) is 1. The molecule has 4 rings (SSSR count). The van der Waals surface area contributed by atoms with Crippen LogP contribution in [0.1, 0.15) is 36.8 Å². The topological polar surface area (TPSA) is 149 Å². The summed E-state index contributed by atoms with van der Waals surface area (Å²) in [5, 5.41) is 22.3. The molecule has 4 heterocycles. The van der Waals surface area contributed by atoms with Crippen molar-refractivity contribution in [3.05, 3.63) is 35.3 Å². The van der Waals surface area contributed by atoms with Crippen molar-refractivity contribution in [3.63, 3.8) is 0 Å². The molecule has 1 aliphatic rings. The number of pyridine rings is 1. The predicted molar refractivity (Wildman–Crippen MR) is 125 cm³/mol. The molecular weight excluding hydrogens is 422 g/mol. The first-order chi connectivity index (χ1) is 15.7. The van der Waals surface area contributed by atoms with E-state index in [0.717, 1.165) is 22.4 Å². The van der Waals surface area contributed by atoms with Crippen LogP contribution in [0, 0.1) is 18.3 Å². The van der Waals surface area contributed by atoms with Crippen molar-refractivity contribution in [2.24, 2.45) is 7.05 Å². The highest BCUT2D eigenvalue weighted by Crippen LogP contribution is 2.33. The molecule has 0 unspecified atom stereocenters. The first kappa shape index (κ1) is 22.1. The van der Waals surface area contributed by atoms with E-state index in [0.29, 0.717) is 36.7 Å². The second kappa shape index (κ2) is 8.46. The Hall–Kier alpha value is -4.07. The third-order valence-electron chi connectivity index (χ3n) is 6.07. The summed E-state index contributed by atoms with van der Waals surface area (Å²) in [6.07, 6.45) is 1.05. The third-order valence-corrected chi connectivity index (χ3v) is 6.07. The van der Waals surface area contributed by atoms with Crippen LogP contribution in [0.5, 0.6) is 0 Å². The smallest absolute Gasteiger partial charge is 0.407 e. The van der Waals surface area contributed by atoms with E-state index in [1.807, 2.05) is 37.7 Å². The second-order valence-corrected chi connectivity index (χ2v) is 8.36. The summed E-state index contributed by atoms with van der Waals surface area (Å²) in [6, 6.07) is 5.71. The van der Waals surface area contributed by atoms with Gasteiger partial charge in [-0.15, -0.1) is 0 Å². The Bertz CT molecular complexity index is 1260. The Balaban J connectivity index is 1.75. The number of carbonyl (C=O) groups is 1. The van der Waals surface area contributed by atoms with Gasteiger partial charge in [0.05, 0.1) is 34.2 Å². The maximum atomic E-state index is 11.5.